The van der Waals surface area contributed by atoms with Crippen molar-refractivity contribution in [3.8, 4) is 0 Å². The molecule has 0 aromatic heterocycles. The Balaban J connectivity index is 2.71. The van der Waals surface area contributed by atoms with Gasteiger partial charge in [0.1, 0.15) is 0 Å². The van der Waals surface area contributed by atoms with Crippen LogP contribution in [-0.4, -0.2) is 50.1 Å². The predicted octanol–water partition coefficient (Wildman–Crippen LogP) is 2.82. The lowest BCUT2D eigenvalue weighted by molar-refractivity contribution is 0.208. The summed E-state index contributed by atoms with van der Waals surface area (Å²) in [5, 5.41) is 0. The van der Waals surface area contributed by atoms with Gasteiger partial charge in [-0.2, -0.15) is 0 Å². The second-order valence-corrected chi connectivity index (χ2v) is 6.92. The summed E-state index contributed by atoms with van der Waals surface area (Å²) in [6.07, 6.45) is 0. The minimum atomic E-state index is 0.0894. The van der Waals surface area contributed by atoms with Crippen LogP contribution in [0.2, 0.25) is 0 Å². The van der Waals surface area contributed by atoms with Crippen molar-refractivity contribution in [1.82, 2.24) is 9.80 Å². The molecule has 0 bridgehead atoms. The topological polar surface area (TPSA) is 32.5 Å². The number of aryl methyl sites for hydroxylation is 2. The van der Waals surface area contributed by atoms with Crippen molar-refractivity contribution in [1.29, 1.82) is 0 Å². The summed E-state index contributed by atoms with van der Waals surface area (Å²) >= 11 is 0. The summed E-state index contributed by atoms with van der Waals surface area (Å²) < 4.78 is 0. The zero-order chi connectivity index (χ0) is 16.0. The normalized spacial score (nSPS) is 13.4. The number of hydrogen-bond acceptors (Lipinski definition) is 3. The van der Waals surface area contributed by atoms with Crippen LogP contribution in [0, 0.1) is 19.8 Å². The molecule has 0 heterocycles. The molecular weight excluding hydrogens is 258 g/mol. The Bertz CT molecular complexity index is 426. The van der Waals surface area contributed by atoms with Gasteiger partial charge in [0.2, 0.25) is 0 Å². The summed E-state index contributed by atoms with van der Waals surface area (Å²) in [6.45, 7) is 13.0. The van der Waals surface area contributed by atoms with E-state index in [2.05, 4.69) is 69.8 Å². The monoisotopic (exact) mass is 291 g/mol. The molecule has 0 aliphatic carbocycles. The summed E-state index contributed by atoms with van der Waals surface area (Å²) in [5.74, 6) is 0.665. The van der Waals surface area contributed by atoms with Gasteiger partial charge < -0.3 is 10.6 Å². The highest BCUT2D eigenvalue weighted by molar-refractivity contribution is 5.32. The van der Waals surface area contributed by atoms with E-state index in [-0.39, 0.29) is 6.04 Å². The molecule has 0 saturated carbocycles. The molecule has 1 atom stereocenters. The van der Waals surface area contributed by atoms with Crippen LogP contribution in [0.4, 0.5) is 0 Å². The first-order chi connectivity index (χ1) is 9.79. The first-order valence-electron chi connectivity index (χ1n) is 7.99. The SMILES string of the molecule is Cc1ccc(C(N)CN(CCN(C)C)CC(C)C)c(C)c1. The number of hydrogen-bond donors (Lipinski definition) is 1. The van der Waals surface area contributed by atoms with Gasteiger partial charge in [0.25, 0.3) is 0 Å². The van der Waals surface area contributed by atoms with Crippen molar-refractivity contribution in [2.24, 2.45) is 11.7 Å². The predicted molar refractivity (Wildman–Crippen MR) is 92.7 cm³/mol. The van der Waals surface area contributed by atoms with Crippen molar-refractivity contribution in [3.63, 3.8) is 0 Å². The third kappa shape index (κ3) is 6.60. The molecule has 1 aromatic carbocycles. The molecule has 3 heteroatoms. The molecule has 3 nitrogen and oxygen atoms in total. The van der Waals surface area contributed by atoms with E-state index < -0.39 is 0 Å². The Morgan fingerprint density at radius 3 is 2.24 bits per heavy atom. The fourth-order valence-electron chi connectivity index (χ4n) is 2.73. The first kappa shape index (κ1) is 18.1. The number of nitrogens with two attached hydrogens (primary N) is 1. The molecule has 120 valence electrons. The maximum Gasteiger partial charge on any atom is 0.0426 e. The zero-order valence-electron chi connectivity index (χ0n) is 14.7. The van der Waals surface area contributed by atoms with Gasteiger partial charge in [-0.15, -0.1) is 0 Å². The number of likely N-dealkylation sites (N-methyl/N-ethyl adjacent to an activating group) is 1. The van der Waals surface area contributed by atoms with Crippen LogP contribution in [0.5, 0.6) is 0 Å². The van der Waals surface area contributed by atoms with E-state index in [1.807, 2.05) is 0 Å². The molecule has 1 aromatic rings. The van der Waals surface area contributed by atoms with Crippen LogP contribution in [0.15, 0.2) is 18.2 Å². The van der Waals surface area contributed by atoms with Crippen LogP contribution in [0.1, 0.15) is 36.6 Å². The Morgan fingerprint density at radius 1 is 1.05 bits per heavy atom. The van der Waals surface area contributed by atoms with E-state index in [1.54, 1.807) is 0 Å². The van der Waals surface area contributed by atoms with Crippen molar-refractivity contribution in [2.75, 3.05) is 40.3 Å². The fraction of sp³-hybridized carbons (Fsp3) is 0.667. The van der Waals surface area contributed by atoms with Crippen molar-refractivity contribution in [2.45, 2.75) is 33.7 Å². The minimum absolute atomic E-state index is 0.0894. The Kier molecular flexibility index (Phi) is 7.36. The summed E-state index contributed by atoms with van der Waals surface area (Å²) in [5.41, 5.74) is 10.4. The molecule has 0 aliphatic rings. The highest BCUT2D eigenvalue weighted by Crippen LogP contribution is 2.18. The molecule has 0 spiro atoms. The minimum Gasteiger partial charge on any atom is -0.323 e. The fourth-order valence-corrected chi connectivity index (χ4v) is 2.73. The lowest BCUT2D eigenvalue weighted by Gasteiger charge is -2.29. The van der Waals surface area contributed by atoms with E-state index in [0.717, 1.165) is 26.2 Å². The molecule has 0 radical (unpaired) electrons. The van der Waals surface area contributed by atoms with Gasteiger partial charge in [-0.05, 0) is 45.0 Å². The molecule has 0 saturated heterocycles. The highest BCUT2D eigenvalue weighted by Gasteiger charge is 2.15. The standard InChI is InChI=1S/C18H33N3/c1-14(2)12-21(10-9-20(5)6)13-18(19)17-8-7-15(3)11-16(17)4/h7-8,11,14,18H,9-10,12-13,19H2,1-6H3. The lowest BCUT2D eigenvalue weighted by atomic mass is 9.99. The van der Waals surface area contributed by atoms with Gasteiger partial charge in [0.15, 0.2) is 0 Å². The van der Waals surface area contributed by atoms with Crippen LogP contribution < -0.4 is 5.73 Å². The molecule has 21 heavy (non-hydrogen) atoms. The van der Waals surface area contributed by atoms with Crippen molar-refractivity contribution < 1.29 is 0 Å². The summed E-state index contributed by atoms with van der Waals surface area (Å²) in [4.78, 5) is 4.73. The lowest BCUT2D eigenvalue weighted by Crippen LogP contribution is -2.39. The van der Waals surface area contributed by atoms with E-state index >= 15 is 0 Å². The van der Waals surface area contributed by atoms with Crippen molar-refractivity contribution in [3.05, 3.63) is 34.9 Å². The van der Waals surface area contributed by atoms with Crippen LogP contribution in [-0.2, 0) is 0 Å². The second-order valence-electron chi connectivity index (χ2n) is 6.92. The molecule has 0 fully saturated rings. The third-order valence-electron chi connectivity index (χ3n) is 3.77. The molecule has 0 amide bonds. The number of rotatable bonds is 8. The maximum atomic E-state index is 6.47. The Morgan fingerprint density at radius 2 is 1.71 bits per heavy atom. The van der Waals surface area contributed by atoms with E-state index in [1.165, 1.54) is 16.7 Å². The maximum absolute atomic E-state index is 6.47. The van der Waals surface area contributed by atoms with Gasteiger partial charge in [-0.1, -0.05) is 37.6 Å². The largest absolute Gasteiger partial charge is 0.323 e. The van der Waals surface area contributed by atoms with Crippen LogP contribution in [0.3, 0.4) is 0 Å². The van der Waals surface area contributed by atoms with Gasteiger partial charge >= 0.3 is 0 Å². The summed E-state index contributed by atoms with van der Waals surface area (Å²) in [6, 6.07) is 6.66. The van der Waals surface area contributed by atoms with E-state index in [0.29, 0.717) is 5.92 Å². The second kappa shape index (κ2) is 8.52. The van der Waals surface area contributed by atoms with Gasteiger partial charge in [0.05, 0.1) is 0 Å². The first-order valence-corrected chi connectivity index (χ1v) is 7.99. The van der Waals surface area contributed by atoms with Crippen LogP contribution >= 0.6 is 0 Å². The Labute approximate surface area is 131 Å². The van der Waals surface area contributed by atoms with Gasteiger partial charge in [-0.3, -0.25) is 4.90 Å². The zero-order valence-corrected chi connectivity index (χ0v) is 14.7. The smallest absolute Gasteiger partial charge is 0.0426 e. The third-order valence-corrected chi connectivity index (χ3v) is 3.77. The average Bonchev–Trinajstić information content (AvgIpc) is 2.34. The van der Waals surface area contributed by atoms with Gasteiger partial charge in [-0.25, -0.2) is 0 Å². The van der Waals surface area contributed by atoms with Gasteiger partial charge in [0, 0.05) is 32.2 Å². The number of nitrogens with zero attached hydrogens (tertiary/aromatic N) is 2. The molecule has 1 unspecified atom stereocenters. The molecular formula is C18H33N3. The summed E-state index contributed by atoms with van der Waals surface area (Å²) in [7, 11) is 4.25. The quantitative estimate of drug-likeness (QED) is 0.799. The van der Waals surface area contributed by atoms with Crippen LogP contribution in [0.25, 0.3) is 0 Å². The average molecular weight is 291 g/mol. The van der Waals surface area contributed by atoms with E-state index in [9.17, 15) is 0 Å². The van der Waals surface area contributed by atoms with Crippen molar-refractivity contribution >= 4 is 0 Å². The number of benzene rings is 1. The molecule has 0 aliphatic heterocycles. The Hall–Kier alpha value is -0.900. The van der Waals surface area contributed by atoms with E-state index in [4.69, 9.17) is 5.73 Å². The molecule has 1 rings (SSSR count). The highest BCUT2D eigenvalue weighted by atomic mass is 15.2. The molecule has 2 N–H and O–H groups in total.